The highest BCUT2D eigenvalue weighted by molar-refractivity contribution is 5.29. The summed E-state index contributed by atoms with van der Waals surface area (Å²) in [5, 5.41) is 0. The molecule has 1 atom stereocenters. The van der Waals surface area contributed by atoms with Crippen molar-refractivity contribution in [1.82, 2.24) is 9.80 Å². The molecule has 1 unspecified atom stereocenters. The summed E-state index contributed by atoms with van der Waals surface area (Å²) in [4.78, 5) is 15.8. The van der Waals surface area contributed by atoms with E-state index in [1.807, 2.05) is 0 Å². The molecule has 1 aromatic rings. The van der Waals surface area contributed by atoms with Crippen molar-refractivity contribution in [3.63, 3.8) is 0 Å². The summed E-state index contributed by atoms with van der Waals surface area (Å²) in [5.41, 5.74) is 8.04. The highest BCUT2D eigenvalue weighted by atomic mass is 17.2. The van der Waals surface area contributed by atoms with Crippen LogP contribution < -0.4 is 5.73 Å². The van der Waals surface area contributed by atoms with Gasteiger partial charge in [-0.25, -0.2) is 9.78 Å². The van der Waals surface area contributed by atoms with Crippen molar-refractivity contribution < 1.29 is 9.78 Å². The third kappa shape index (κ3) is 3.62. The molecule has 116 valence electrons. The van der Waals surface area contributed by atoms with Crippen molar-refractivity contribution in [2.45, 2.75) is 25.7 Å². The van der Waals surface area contributed by atoms with Gasteiger partial charge in [-0.05, 0) is 31.5 Å². The molecule has 0 bridgehead atoms. The molecular weight excluding hydrogens is 266 g/mol. The van der Waals surface area contributed by atoms with Crippen molar-refractivity contribution in [3.8, 4) is 0 Å². The summed E-state index contributed by atoms with van der Waals surface area (Å²) < 4.78 is 0. The fraction of sp³-hybridized carbons (Fsp3) is 0.625. The lowest BCUT2D eigenvalue weighted by atomic mass is 10.0. The maximum atomic E-state index is 5.57. The van der Waals surface area contributed by atoms with Gasteiger partial charge >= 0.3 is 0 Å². The number of unbranched alkanes of at least 4 members (excludes halogenated alkanes) is 1. The van der Waals surface area contributed by atoms with Gasteiger partial charge < -0.3 is 10.6 Å². The minimum Gasteiger partial charge on any atom is -0.330 e. The normalized spacial score (nSPS) is 24.0. The van der Waals surface area contributed by atoms with E-state index in [9.17, 15) is 0 Å². The second kappa shape index (κ2) is 7.33. The van der Waals surface area contributed by atoms with Crippen LogP contribution in [0.25, 0.3) is 0 Å². The van der Waals surface area contributed by atoms with Gasteiger partial charge in [0.05, 0.1) is 0 Å². The van der Waals surface area contributed by atoms with E-state index in [0.29, 0.717) is 6.61 Å². The molecule has 0 aromatic heterocycles. The van der Waals surface area contributed by atoms with Crippen LogP contribution in [0.1, 0.15) is 30.2 Å². The number of hydrogen-bond acceptors (Lipinski definition) is 5. The molecule has 5 nitrogen and oxygen atoms in total. The molecule has 1 aromatic carbocycles. The fourth-order valence-electron chi connectivity index (χ4n) is 3.08. The zero-order valence-corrected chi connectivity index (χ0v) is 12.5. The maximum absolute atomic E-state index is 5.57. The van der Waals surface area contributed by atoms with Crippen molar-refractivity contribution in [2.24, 2.45) is 5.73 Å². The monoisotopic (exact) mass is 291 g/mol. The van der Waals surface area contributed by atoms with Crippen LogP contribution in [0, 0.1) is 0 Å². The smallest absolute Gasteiger partial charge is 0.172 e. The molecule has 0 aliphatic carbocycles. The predicted molar refractivity (Wildman–Crippen MR) is 81.4 cm³/mol. The number of benzene rings is 1. The standard InChI is InChI=1S/C16H25N3O2/c17-7-3-4-8-18-9-11-19(12-10-18)16-15-6-2-1-5-14(15)13-20-21-16/h1-2,5-6,16H,3-4,7-13,17H2. The molecule has 21 heavy (non-hydrogen) atoms. The van der Waals surface area contributed by atoms with Crippen LogP contribution in [0.2, 0.25) is 0 Å². The molecule has 0 amide bonds. The van der Waals surface area contributed by atoms with E-state index in [4.69, 9.17) is 15.5 Å². The molecule has 5 heteroatoms. The highest BCUT2D eigenvalue weighted by Crippen LogP contribution is 2.31. The molecule has 0 saturated carbocycles. The number of rotatable bonds is 5. The maximum Gasteiger partial charge on any atom is 0.172 e. The SMILES string of the molecule is NCCCCN1CCN(C2OOCc3ccccc32)CC1. The number of piperazine rings is 1. The van der Waals surface area contributed by atoms with Crippen LogP contribution >= 0.6 is 0 Å². The average Bonchev–Trinajstić information content (AvgIpc) is 2.55. The average molecular weight is 291 g/mol. The Labute approximate surface area is 126 Å². The Balaban J connectivity index is 1.55. The minimum absolute atomic E-state index is 0.0545. The van der Waals surface area contributed by atoms with Crippen molar-refractivity contribution in [3.05, 3.63) is 35.4 Å². The topological polar surface area (TPSA) is 51.0 Å². The molecule has 2 aliphatic rings. The first-order chi connectivity index (χ1) is 10.4. The summed E-state index contributed by atoms with van der Waals surface area (Å²) in [7, 11) is 0. The lowest BCUT2D eigenvalue weighted by Gasteiger charge is -2.40. The van der Waals surface area contributed by atoms with Crippen LogP contribution in [-0.2, 0) is 16.4 Å². The van der Waals surface area contributed by atoms with Crippen LogP contribution in [0.4, 0.5) is 0 Å². The van der Waals surface area contributed by atoms with Gasteiger partial charge in [-0.2, -0.15) is 0 Å². The van der Waals surface area contributed by atoms with E-state index in [1.165, 1.54) is 17.5 Å². The molecule has 2 aliphatic heterocycles. The van der Waals surface area contributed by atoms with E-state index >= 15 is 0 Å². The molecule has 1 fully saturated rings. The van der Waals surface area contributed by atoms with Gasteiger partial charge in [-0.15, -0.1) is 0 Å². The molecular formula is C16H25N3O2. The Kier molecular flexibility index (Phi) is 5.22. The van der Waals surface area contributed by atoms with Crippen LogP contribution in [-0.4, -0.2) is 49.1 Å². The molecule has 0 radical (unpaired) electrons. The summed E-state index contributed by atoms with van der Waals surface area (Å²) in [6, 6.07) is 8.40. The van der Waals surface area contributed by atoms with Crippen molar-refractivity contribution in [2.75, 3.05) is 39.3 Å². The first-order valence-electron chi connectivity index (χ1n) is 7.91. The van der Waals surface area contributed by atoms with Gasteiger partial charge in [0.15, 0.2) is 6.23 Å². The van der Waals surface area contributed by atoms with Gasteiger partial charge in [-0.3, -0.25) is 4.90 Å². The Bertz CT molecular complexity index is 447. The number of hydrogen-bond donors (Lipinski definition) is 1. The lowest BCUT2D eigenvalue weighted by Crippen LogP contribution is -2.48. The Morgan fingerprint density at radius 1 is 1.10 bits per heavy atom. The molecule has 2 heterocycles. The number of nitrogens with zero attached hydrogens (tertiary/aromatic N) is 2. The van der Waals surface area contributed by atoms with E-state index in [1.54, 1.807) is 0 Å². The van der Waals surface area contributed by atoms with Crippen molar-refractivity contribution >= 4 is 0 Å². The first kappa shape index (κ1) is 14.9. The third-order valence-electron chi connectivity index (χ3n) is 4.36. The van der Waals surface area contributed by atoms with Crippen LogP contribution in [0.5, 0.6) is 0 Å². The second-order valence-corrected chi connectivity index (χ2v) is 5.78. The van der Waals surface area contributed by atoms with Gasteiger partial charge in [0.25, 0.3) is 0 Å². The molecule has 3 rings (SSSR count). The zero-order valence-electron chi connectivity index (χ0n) is 12.5. The van der Waals surface area contributed by atoms with Gasteiger partial charge in [-0.1, -0.05) is 24.3 Å². The Morgan fingerprint density at radius 3 is 2.71 bits per heavy atom. The summed E-state index contributed by atoms with van der Waals surface area (Å²) in [6.07, 6.45) is 2.26. The number of fused-ring (bicyclic) bond motifs is 1. The lowest BCUT2D eigenvalue weighted by molar-refractivity contribution is -0.374. The minimum atomic E-state index is -0.0545. The Morgan fingerprint density at radius 2 is 1.90 bits per heavy atom. The van der Waals surface area contributed by atoms with Crippen molar-refractivity contribution in [1.29, 1.82) is 0 Å². The fourth-order valence-corrected chi connectivity index (χ4v) is 3.08. The summed E-state index contributed by atoms with van der Waals surface area (Å²) in [5.74, 6) is 0. The highest BCUT2D eigenvalue weighted by Gasteiger charge is 2.30. The molecule has 2 N–H and O–H groups in total. The quantitative estimate of drug-likeness (QED) is 0.658. The zero-order chi connectivity index (χ0) is 14.5. The van der Waals surface area contributed by atoms with Gasteiger partial charge in [0.1, 0.15) is 6.61 Å². The van der Waals surface area contributed by atoms with Crippen LogP contribution in [0.15, 0.2) is 24.3 Å². The number of nitrogens with two attached hydrogens (primary N) is 1. The summed E-state index contributed by atoms with van der Waals surface area (Å²) in [6.45, 7) is 6.72. The molecule has 0 spiro atoms. The predicted octanol–water partition coefficient (Wildman–Crippen LogP) is 1.50. The summed E-state index contributed by atoms with van der Waals surface area (Å²) >= 11 is 0. The van der Waals surface area contributed by atoms with E-state index in [0.717, 1.165) is 45.7 Å². The second-order valence-electron chi connectivity index (χ2n) is 5.78. The Hall–Kier alpha value is -0.980. The van der Waals surface area contributed by atoms with Gasteiger partial charge in [0, 0.05) is 31.7 Å². The molecule has 1 saturated heterocycles. The van der Waals surface area contributed by atoms with E-state index in [2.05, 4.69) is 34.1 Å². The van der Waals surface area contributed by atoms with Crippen LogP contribution in [0.3, 0.4) is 0 Å². The largest absolute Gasteiger partial charge is 0.330 e. The first-order valence-corrected chi connectivity index (χ1v) is 7.91. The van der Waals surface area contributed by atoms with Gasteiger partial charge in [0.2, 0.25) is 0 Å². The van der Waals surface area contributed by atoms with E-state index < -0.39 is 0 Å². The van der Waals surface area contributed by atoms with E-state index in [-0.39, 0.29) is 6.23 Å². The third-order valence-corrected chi connectivity index (χ3v) is 4.36.